The lowest BCUT2D eigenvalue weighted by atomic mass is 10.1. The molecule has 0 spiro atoms. The van der Waals surface area contributed by atoms with E-state index < -0.39 is 0 Å². The number of nitrogens with one attached hydrogen (secondary N) is 2. The minimum atomic E-state index is -0.123. The van der Waals surface area contributed by atoms with E-state index in [-0.39, 0.29) is 24.4 Å². The Kier molecular flexibility index (Phi) is 5.17. The average molecular weight is 269 g/mol. The zero-order valence-corrected chi connectivity index (χ0v) is 11.9. The van der Waals surface area contributed by atoms with Gasteiger partial charge in [-0.1, -0.05) is 12.1 Å². The van der Waals surface area contributed by atoms with Crippen molar-refractivity contribution in [3.63, 3.8) is 0 Å². The molecule has 0 heterocycles. The zero-order chi connectivity index (χ0) is 12.4. The van der Waals surface area contributed by atoms with Crippen molar-refractivity contribution in [2.24, 2.45) is 0 Å². The molecule has 100 valence electrons. The van der Waals surface area contributed by atoms with Crippen molar-refractivity contribution >= 4 is 24.0 Å². The van der Waals surface area contributed by atoms with Gasteiger partial charge < -0.3 is 10.6 Å². The molecule has 1 fully saturated rings. The van der Waals surface area contributed by atoms with Crippen LogP contribution in [0.3, 0.4) is 0 Å². The van der Waals surface area contributed by atoms with Gasteiger partial charge in [-0.3, -0.25) is 4.79 Å². The third-order valence-electron chi connectivity index (χ3n) is 3.11. The third kappa shape index (κ3) is 4.00. The van der Waals surface area contributed by atoms with Crippen LogP contribution in [0, 0.1) is 13.8 Å². The molecule has 0 bridgehead atoms. The lowest BCUT2D eigenvalue weighted by molar-refractivity contribution is -0.117. The summed E-state index contributed by atoms with van der Waals surface area (Å²) in [6, 6.07) is 6.52. The second-order valence-electron chi connectivity index (χ2n) is 4.97. The van der Waals surface area contributed by atoms with E-state index in [2.05, 4.69) is 16.7 Å². The Balaban J connectivity index is 0.00000162. The Bertz CT molecular complexity index is 430. The maximum absolute atomic E-state index is 12.0. The minimum Gasteiger partial charge on any atom is -0.324 e. The van der Waals surface area contributed by atoms with Gasteiger partial charge in [0.15, 0.2) is 0 Å². The summed E-state index contributed by atoms with van der Waals surface area (Å²) in [7, 11) is 0. The molecule has 0 saturated heterocycles. The van der Waals surface area contributed by atoms with Crippen molar-refractivity contribution in [1.29, 1.82) is 0 Å². The number of halogens is 1. The first kappa shape index (κ1) is 15.0. The van der Waals surface area contributed by atoms with Gasteiger partial charge in [-0.05, 0) is 50.8 Å². The first-order valence-corrected chi connectivity index (χ1v) is 6.20. The fraction of sp³-hybridized carbons (Fsp3) is 0.500. The summed E-state index contributed by atoms with van der Waals surface area (Å²) in [5.74, 6) is 0.0469. The molecule has 4 heteroatoms. The molecule has 1 aromatic carbocycles. The van der Waals surface area contributed by atoms with Crippen molar-refractivity contribution in [2.45, 2.75) is 45.7 Å². The van der Waals surface area contributed by atoms with Crippen LogP contribution in [0.15, 0.2) is 18.2 Å². The molecule has 18 heavy (non-hydrogen) atoms. The van der Waals surface area contributed by atoms with Gasteiger partial charge in [0.05, 0.1) is 6.04 Å². The zero-order valence-electron chi connectivity index (χ0n) is 11.1. The molecule has 1 aromatic rings. The lowest BCUT2D eigenvalue weighted by Crippen LogP contribution is -2.39. The van der Waals surface area contributed by atoms with Crippen LogP contribution in [0.4, 0.5) is 5.69 Å². The van der Waals surface area contributed by atoms with Crippen LogP contribution in [0.5, 0.6) is 0 Å². The smallest absolute Gasteiger partial charge is 0.241 e. The third-order valence-corrected chi connectivity index (χ3v) is 3.11. The molecule has 0 aliphatic heterocycles. The highest BCUT2D eigenvalue weighted by atomic mass is 35.5. The first-order chi connectivity index (χ1) is 8.06. The fourth-order valence-electron chi connectivity index (χ4n) is 1.79. The summed E-state index contributed by atoms with van der Waals surface area (Å²) < 4.78 is 0. The van der Waals surface area contributed by atoms with Crippen molar-refractivity contribution in [3.8, 4) is 0 Å². The van der Waals surface area contributed by atoms with Crippen LogP contribution in [-0.4, -0.2) is 18.0 Å². The van der Waals surface area contributed by atoms with Crippen molar-refractivity contribution in [3.05, 3.63) is 29.3 Å². The monoisotopic (exact) mass is 268 g/mol. The highest BCUT2D eigenvalue weighted by Crippen LogP contribution is 2.20. The van der Waals surface area contributed by atoms with Crippen LogP contribution in [0.1, 0.15) is 30.9 Å². The number of carbonyl (C=O) groups excluding carboxylic acids is 1. The fourth-order valence-corrected chi connectivity index (χ4v) is 1.79. The van der Waals surface area contributed by atoms with E-state index in [1.165, 1.54) is 12.8 Å². The summed E-state index contributed by atoms with van der Waals surface area (Å²) >= 11 is 0. The normalized spacial score (nSPS) is 15.7. The molecule has 2 N–H and O–H groups in total. The van der Waals surface area contributed by atoms with Gasteiger partial charge in [0.1, 0.15) is 0 Å². The summed E-state index contributed by atoms with van der Waals surface area (Å²) in [6.45, 7) is 5.95. The number of benzene rings is 1. The Hall–Kier alpha value is -1.06. The van der Waals surface area contributed by atoms with E-state index in [1.807, 2.05) is 32.9 Å². The van der Waals surface area contributed by atoms with E-state index >= 15 is 0 Å². The maximum atomic E-state index is 12.0. The number of carbonyl (C=O) groups is 1. The molecule has 1 atom stereocenters. The molecule has 1 saturated carbocycles. The summed E-state index contributed by atoms with van der Waals surface area (Å²) in [4.78, 5) is 12.0. The molecule has 0 aromatic heterocycles. The standard InChI is InChI=1S/C14H20N2O.ClH/c1-9-4-5-10(2)13(8-9)16-14(17)11(3)15-12-6-7-12;/h4-5,8,11-12,15H,6-7H2,1-3H3,(H,16,17);1H. The number of hydrogen-bond acceptors (Lipinski definition) is 2. The van der Waals surface area contributed by atoms with Crippen molar-refractivity contribution < 1.29 is 4.79 Å². The van der Waals surface area contributed by atoms with E-state index in [4.69, 9.17) is 0 Å². The van der Waals surface area contributed by atoms with E-state index in [0.29, 0.717) is 6.04 Å². The number of rotatable bonds is 4. The van der Waals surface area contributed by atoms with Gasteiger partial charge >= 0.3 is 0 Å². The molecule has 1 unspecified atom stereocenters. The molecule has 0 radical (unpaired) electrons. The highest BCUT2D eigenvalue weighted by molar-refractivity contribution is 5.95. The quantitative estimate of drug-likeness (QED) is 0.882. The lowest BCUT2D eigenvalue weighted by Gasteiger charge is -2.15. The molecular weight excluding hydrogens is 248 g/mol. The maximum Gasteiger partial charge on any atom is 0.241 e. The van der Waals surface area contributed by atoms with Gasteiger partial charge in [-0.25, -0.2) is 0 Å². The number of amides is 1. The van der Waals surface area contributed by atoms with Crippen LogP contribution in [0.2, 0.25) is 0 Å². The molecule has 1 amide bonds. The van der Waals surface area contributed by atoms with Gasteiger partial charge in [0.2, 0.25) is 5.91 Å². The molecule has 1 aliphatic rings. The Labute approximate surface area is 115 Å². The van der Waals surface area contributed by atoms with E-state index in [1.54, 1.807) is 0 Å². The largest absolute Gasteiger partial charge is 0.324 e. The second kappa shape index (κ2) is 6.21. The van der Waals surface area contributed by atoms with Crippen LogP contribution in [-0.2, 0) is 4.79 Å². The van der Waals surface area contributed by atoms with Gasteiger partial charge in [0, 0.05) is 11.7 Å². The Morgan fingerprint density at radius 1 is 1.33 bits per heavy atom. The van der Waals surface area contributed by atoms with Gasteiger partial charge in [0.25, 0.3) is 0 Å². The Morgan fingerprint density at radius 3 is 2.61 bits per heavy atom. The Morgan fingerprint density at radius 2 is 2.00 bits per heavy atom. The van der Waals surface area contributed by atoms with Crippen molar-refractivity contribution in [1.82, 2.24) is 5.32 Å². The van der Waals surface area contributed by atoms with E-state index in [0.717, 1.165) is 16.8 Å². The highest BCUT2D eigenvalue weighted by Gasteiger charge is 2.25. The SMILES string of the molecule is Cc1ccc(C)c(NC(=O)C(C)NC2CC2)c1.Cl. The van der Waals surface area contributed by atoms with Gasteiger partial charge in [-0.15, -0.1) is 12.4 Å². The predicted molar refractivity (Wildman–Crippen MR) is 77.4 cm³/mol. The second-order valence-corrected chi connectivity index (χ2v) is 4.97. The van der Waals surface area contributed by atoms with Crippen LogP contribution < -0.4 is 10.6 Å². The summed E-state index contributed by atoms with van der Waals surface area (Å²) in [6.07, 6.45) is 2.39. The van der Waals surface area contributed by atoms with Crippen molar-refractivity contribution in [2.75, 3.05) is 5.32 Å². The van der Waals surface area contributed by atoms with Gasteiger partial charge in [-0.2, -0.15) is 0 Å². The predicted octanol–water partition coefficient (Wildman–Crippen LogP) is 2.80. The molecule has 2 rings (SSSR count). The summed E-state index contributed by atoms with van der Waals surface area (Å²) in [5.41, 5.74) is 3.18. The minimum absolute atomic E-state index is 0. The molecule has 1 aliphatic carbocycles. The average Bonchev–Trinajstić information content (AvgIpc) is 3.07. The molecular formula is C14H21ClN2O. The first-order valence-electron chi connectivity index (χ1n) is 6.20. The van der Waals surface area contributed by atoms with Crippen LogP contribution >= 0.6 is 12.4 Å². The number of hydrogen-bond donors (Lipinski definition) is 2. The van der Waals surface area contributed by atoms with E-state index in [9.17, 15) is 4.79 Å². The van der Waals surface area contributed by atoms with Crippen LogP contribution in [0.25, 0.3) is 0 Å². The molecule has 3 nitrogen and oxygen atoms in total. The topological polar surface area (TPSA) is 41.1 Å². The number of aryl methyl sites for hydroxylation is 2. The number of anilines is 1. The summed E-state index contributed by atoms with van der Waals surface area (Å²) in [5, 5.41) is 6.28.